The summed E-state index contributed by atoms with van der Waals surface area (Å²) in [5, 5.41) is 10.3. The molecule has 3 aliphatic carbocycles. The van der Waals surface area contributed by atoms with Gasteiger partial charge >= 0.3 is 5.97 Å². The van der Waals surface area contributed by atoms with E-state index in [0.717, 1.165) is 64.2 Å². The van der Waals surface area contributed by atoms with Crippen molar-refractivity contribution in [1.29, 1.82) is 0 Å². The molecule has 0 aromatic rings. The van der Waals surface area contributed by atoms with E-state index in [0.29, 0.717) is 23.5 Å². The molecule has 3 unspecified atom stereocenters. The number of hydrogen-bond donors (Lipinski definition) is 1. The molecule has 0 radical (unpaired) electrons. The largest absolute Gasteiger partial charge is 0.462 e. The lowest BCUT2D eigenvalue weighted by Crippen LogP contribution is -2.22. The second-order valence-electron chi connectivity index (χ2n) is 10.4. The number of rotatable bonds is 12. The van der Waals surface area contributed by atoms with Crippen molar-refractivity contribution in [2.24, 2.45) is 16.7 Å². The highest BCUT2D eigenvalue weighted by molar-refractivity contribution is 5.80. The summed E-state index contributed by atoms with van der Waals surface area (Å²) in [6, 6.07) is 0. The van der Waals surface area contributed by atoms with Crippen molar-refractivity contribution in [3.8, 4) is 0 Å². The SMILES string of the molecule is O=C1CCC(C2(CCCCC(O)CCCCC3(C4CCC(=O)O4)CC3)CC2)C1. The molecule has 0 spiro atoms. The van der Waals surface area contributed by atoms with Crippen LogP contribution in [0.5, 0.6) is 0 Å². The van der Waals surface area contributed by atoms with Gasteiger partial charge in [0.25, 0.3) is 0 Å². The van der Waals surface area contributed by atoms with Crippen LogP contribution in [0.1, 0.15) is 109 Å². The van der Waals surface area contributed by atoms with Crippen molar-refractivity contribution in [1.82, 2.24) is 0 Å². The van der Waals surface area contributed by atoms with Gasteiger partial charge in [0.05, 0.1) is 6.10 Å². The molecule has 4 fully saturated rings. The van der Waals surface area contributed by atoms with Gasteiger partial charge < -0.3 is 9.84 Å². The summed E-state index contributed by atoms with van der Waals surface area (Å²) in [5.74, 6) is 1.13. The molecule has 3 saturated carbocycles. The molecule has 158 valence electrons. The van der Waals surface area contributed by atoms with E-state index in [4.69, 9.17) is 4.74 Å². The number of ketones is 1. The Morgan fingerprint density at radius 2 is 1.54 bits per heavy atom. The average molecular weight is 391 g/mol. The van der Waals surface area contributed by atoms with Crippen LogP contribution in [0.25, 0.3) is 0 Å². The third kappa shape index (κ3) is 4.80. The first kappa shape index (κ1) is 20.4. The number of carbonyl (C=O) groups excluding carboxylic acids is 2. The maximum Gasteiger partial charge on any atom is 0.306 e. The van der Waals surface area contributed by atoms with Crippen molar-refractivity contribution in [3.63, 3.8) is 0 Å². The van der Waals surface area contributed by atoms with Crippen LogP contribution in [0.15, 0.2) is 0 Å². The molecular formula is C24H38O4. The topological polar surface area (TPSA) is 63.6 Å². The minimum atomic E-state index is -0.164. The van der Waals surface area contributed by atoms with Crippen molar-refractivity contribution in [3.05, 3.63) is 0 Å². The van der Waals surface area contributed by atoms with Crippen LogP contribution in [0, 0.1) is 16.7 Å². The summed E-state index contributed by atoms with van der Waals surface area (Å²) in [6.45, 7) is 0. The summed E-state index contributed by atoms with van der Waals surface area (Å²) < 4.78 is 5.50. The summed E-state index contributed by atoms with van der Waals surface area (Å²) in [7, 11) is 0. The molecule has 0 bridgehead atoms. The number of unbranched alkanes of at least 4 members (excludes halogenated alkanes) is 2. The summed E-state index contributed by atoms with van der Waals surface area (Å²) in [5.41, 5.74) is 0.788. The molecule has 0 aromatic carbocycles. The predicted molar refractivity (Wildman–Crippen MR) is 108 cm³/mol. The van der Waals surface area contributed by atoms with E-state index in [1.165, 1.54) is 38.5 Å². The monoisotopic (exact) mass is 390 g/mol. The molecule has 1 N–H and O–H groups in total. The number of ether oxygens (including phenoxy) is 1. The summed E-state index contributed by atoms with van der Waals surface area (Å²) >= 11 is 0. The molecule has 1 aliphatic heterocycles. The fraction of sp³-hybridized carbons (Fsp3) is 0.917. The Balaban J connectivity index is 1.05. The first-order valence-corrected chi connectivity index (χ1v) is 11.9. The number of carbonyl (C=O) groups is 2. The van der Waals surface area contributed by atoms with E-state index in [1.807, 2.05) is 0 Å². The number of aliphatic hydroxyl groups excluding tert-OH is 1. The standard InChI is InChI=1S/C24H38O4/c25-19(5-1-3-11-23(13-14-23)18-7-8-20(26)17-18)6-2-4-12-24(15-16-24)21-9-10-22(27)28-21/h18-19,21,25H,1-17H2. The molecule has 0 aromatic heterocycles. The highest BCUT2D eigenvalue weighted by Gasteiger charge is 2.52. The zero-order chi connectivity index (χ0) is 19.6. The first-order chi connectivity index (χ1) is 13.5. The predicted octanol–water partition coefficient (Wildman–Crippen LogP) is 5.10. The normalized spacial score (nSPS) is 31.0. The molecule has 3 atom stereocenters. The molecular weight excluding hydrogens is 352 g/mol. The quantitative estimate of drug-likeness (QED) is 0.372. The van der Waals surface area contributed by atoms with Gasteiger partial charge in [-0.05, 0) is 75.5 Å². The summed E-state index contributed by atoms with van der Waals surface area (Å²) in [4.78, 5) is 22.9. The Labute approximate surface area is 169 Å². The van der Waals surface area contributed by atoms with Gasteiger partial charge in [-0.15, -0.1) is 0 Å². The third-order valence-electron chi connectivity index (χ3n) is 8.39. The molecule has 4 nitrogen and oxygen atoms in total. The van der Waals surface area contributed by atoms with E-state index in [1.54, 1.807) is 0 Å². The van der Waals surface area contributed by atoms with Crippen LogP contribution in [-0.2, 0) is 14.3 Å². The fourth-order valence-electron chi connectivity index (χ4n) is 6.07. The molecule has 28 heavy (non-hydrogen) atoms. The van der Waals surface area contributed by atoms with Gasteiger partial charge in [-0.3, -0.25) is 9.59 Å². The number of aliphatic hydroxyl groups is 1. The Hall–Kier alpha value is -0.900. The van der Waals surface area contributed by atoms with Gasteiger partial charge in [0.15, 0.2) is 0 Å². The number of hydrogen-bond acceptors (Lipinski definition) is 4. The zero-order valence-electron chi connectivity index (χ0n) is 17.4. The van der Waals surface area contributed by atoms with Crippen LogP contribution in [-0.4, -0.2) is 29.1 Å². The number of cyclic esters (lactones) is 1. The maximum atomic E-state index is 11.6. The van der Waals surface area contributed by atoms with Crippen molar-refractivity contribution < 1.29 is 19.4 Å². The van der Waals surface area contributed by atoms with Gasteiger partial charge in [0, 0.05) is 24.7 Å². The molecule has 4 aliphatic rings. The molecule has 1 saturated heterocycles. The highest BCUT2D eigenvalue weighted by Crippen LogP contribution is 2.59. The van der Waals surface area contributed by atoms with E-state index < -0.39 is 0 Å². The van der Waals surface area contributed by atoms with Gasteiger partial charge in [-0.1, -0.05) is 25.7 Å². The van der Waals surface area contributed by atoms with Gasteiger partial charge in [0.1, 0.15) is 11.9 Å². The minimum Gasteiger partial charge on any atom is -0.462 e. The second-order valence-corrected chi connectivity index (χ2v) is 10.4. The van der Waals surface area contributed by atoms with Crippen molar-refractivity contribution in [2.75, 3.05) is 0 Å². The van der Waals surface area contributed by atoms with Crippen molar-refractivity contribution >= 4 is 11.8 Å². The Kier molecular flexibility index (Phi) is 6.15. The van der Waals surface area contributed by atoms with Gasteiger partial charge in [-0.25, -0.2) is 0 Å². The summed E-state index contributed by atoms with van der Waals surface area (Å²) in [6.07, 6.45) is 18.2. The van der Waals surface area contributed by atoms with E-state index in [9.17, 15) is 14.7 Å². The maximum absolute atomic E-state index is 11.6. The van der Waals surface area contributed by atoms with Gasteiger partial charge in [0.2, 0.25) is 0 Å². The lowest BCUT2D eigenvalue weighted by Gasteiger charge is -2.22. The molecule has 1 heterocycles. The Morgan fingerprint density at radius 3 is 2.04 bits per heavy atom. The Bertz CT molecular complexity index is 525. The van der Waals surface area contributed by atoms with Crippen LogP contribution < -0.4 is 0 Å². The van der Waals surface area contributed by atoms with Crippen LogP contribution in [0.2, 0.25) is 0 Å². The van der Waals surface area contributed by atoms with E-state index in [2.05, 4.69) is 0 Å². The van der Waals surface area contributed by atoms with Crippen LogP contribution in [0.4, 0.5) is 0 Å². The highest BCUT2D eigenvalue weighted by atomic mass is 16.6. The lowest BCUT2D eigenvalue weighted by molar-refractivity contribution is -0.144. The van der Waals surface area contributed by atoms with E-state index in [-0.39, 0.29) is 23.6 Å². The Morgan fingerprint density at radius 1 is 0.893 bits per heavy atom. The third-order valence-corrected chi connectivity index (χ3v) is 8.39. The first-order valence-electron chi connectivity index (χ1n) is 11.9. The smallest absolute Gasteiger partial charge is 0.306 e. The van der Waals surface area contributed by atoms with E-state index >= 15 is 0 Å². The average Bonchev–Trinajstić information content (AvgIpc) is 3.56. The van der Waals surface area contributed by atoms with Crippen molar-refractivity contribution in [2.45, 2.75) is 121 Å². The van der Waals surface area contributed by atoms with Crippen LogP contribution in [0.3, 0.4) is 0 Å². The number of esters is 1. The number of Topliss-reactive ketones (excluding diaryl/α,β-unsaturated/α-hetero) is 1. The fourth-order valence-corrected chi connectivity index (χ4v) is 6.07. The second kappa shape index (κ2) is 8.45. The molecule has 0 amide bonds. The van der Waals surface area contributed by atoms with Crippen LogP contribution >= 0.6 is 0 Å². The lowest BCUT2D eigenvalue weighted by atomic mass is 9.83. The molecule has 4 heteroatoms. The minimum absolute atomic E-state index is 0.0146. The zero-order valence-corrected chi connectivity index (χ0v) is 17.4. The van der Waals surface area contributed by atoms with Gasteiger partial charge in [-0.2, -0.15) is 0 Å². The molecule has 4 rings (SSSR count).